The molecule has 24 heavy (non-hydrogen) atoms. The highest BCUT2D eigenvalue weighted by Gasteiger charge is 2.54. The molecular weight excluding hydrogens is 392 g/mol. The topological polar surface area (TPSA) is 32.8 Å². The van der Waals surface area contributed by atoms with E-state index in [1.54, 1.807) is 0 Å². The van der Waals surface area contributed by atoms with Gasteiger partial charge in [0.05, 0.1) is 10.6 Å². The van der Waals surface area contributed by atoms with Crippen molar-refractivity contribution in [3.63, 3.8) is 0 Å². The van der Waals surface area contributed by atoms with Crippen LogP contribution in [0.15, 0.2) is 22.7 Å². The standard InChI is InChI=1S/C18H24BrClN2O2/c1-17(2,3)24-16(23)22-10-9-21(12-18(22)7-8-18)11-13-5-4-6-14(19)15(13)20/h4-6H,7-12H2,1-3H3. The first kappa shape index (κ1) is 18.0. The average Bonchev–Trinajstić information content (AvgIpc) is 3.21. The van der Waals surface area contributed by atoms with Gasteiger partial charge in [-0.05, 0) is 61.2 Å². The first-order valence-corrected chi connectivity index (χ1v) is 9.53. The first-order chi connectivity index (χ1) is 11.2. The van der Waals surface area contributed by atoms with E-state index in [-0.39, 0.29) is 11.6 Å². The van der Waals surface area contributed by atoms with E-state index in [1.165, 1.54) is 0 Å². The Morgan fingerprint density at radius 3 is 2.67 bits per heavy atom. The fourth-order valence-corrected chi connectivity index (χ4v) is 3.87. The Hall–Kier alpha value is -0.780. The number of carbonyl (C=O) groups is 1. The van der Waals surface area contributed by atoms with Crippen molar-refractivity contribution in [1.29, 1.82) is 0 Å². The van der Waals surface area contributed by atoms with Crippen LogP contribution in [0, 0.1) is 0 Å². The van der Waals surface area contributed by atoms with Crippen LogP contribution < -0.4 is 0 Å². The van der Waals surface area contributed by atoms with Crippen molar-refractivity contribution < 1.29 is 9.53 Å². The van der Waals surface area contributed by atoms with Crippen LogP contribution in [0.4, 0.5) is 4.79 Å². The summed E-state index contributed by atoms with van der Waals surface area (Å²) in [6, 6.07) is 6.02. The molecule has 0 bridgehead atoms. The summed E-state index contributed by atoms with van der Waals surface area (Å²) in [7, 11) is 0. The van der Waals surface area contributed by atoms with Gasteiger partial charge in [0.25, 0.3) is 0 Å². The van der Waals surface area contributed by atoms with E-state index in [1.807, 2.05) is 37.8 Å². The van der Waals surface area contributed by atoms with Crippen LogP contribution in [0.5, 0.6) is 0 Å². The average molecular weight is 416 g/mol. The molecule has 0 N–H and O–H groups in total. The lowest BCUT2D eigenvalue weighted by Crippen LogP contribution is -2.57. The molecule has 1 aliphatic heterocycles. The van der Waals surface area contributed by atoms with Crippen LogP contribution in [-0.4, -0.2) is 46.7 Å². The molecule has 0 unspecified atom stereocenters. The number of halogens is 2. The fraction of sp³-hybridized carbons (Fsp3) is 0.611. The van der Waals surface area contributed by atoms with E-state index in [0.29, 0.717) is 6.54 Å². The molecule has 0 atom stereocenters. The molecule has 0 radical (unpaired) electrons. The molecule has 1 aliphatic carbocycles. The normalized spacial score (nSPS) is 20.3. The number of hydrogen-bond donors (Lipinski definition) is 0. The summed E-state index contributed by atoms with van der Waals surface area (Å²) in [6.07, 6.45) is 1.92. The Morgan fingerprint density at radius 2 is 2.04 bits per heavy atom. The Morgan fingerprint density at radius 1 is 1.33 bits per heavy atom. The summed E-state index contributed by atoms with van der Waals surface area (Å²) in [5.41, 5.74) is 0.625. The van der Waals surface area contributed by atoms with Gasteiger partial charge in [-0.15, -0.1) is 0 Å². The Bertz CT molecular complexity index is 640. The van der Waals surface area contributed by atoms with Crippen molar-refractivity contribution in [2.24, 2.45) is 0 Å². The third-order valence-electron chi connectivity index (χ3n) is 4.60. The van der Waals surface area contributed by atoms with Crippen LogP contribution in [-0.2, 0) is 11.3 Å². The van der Waals surface area contributed by atoms with Gasteiger partial charge in [0, 0.05) is 30.7 Å². The predicted molar refractivity (Wildman–Crippen MR) is 99.3 cm³/mol. The first-order valence-electron chi connectivity index (χ1n) is 8.36. The molecule has 2 aliphatic rings. The van der Waals surface area contributed by atoms with Crippen molar-refractivity contribution >= 4 is 33.6 Å². The number of ether oxygens (including phenoxy) is 1. The molecule has 1 aromatic carbocycles. The van der Waals surface area contributed by atoms with Gasteiger partial charge in [-0.2, -0.15) is 0 Å². The zero-order chi connectivity index (χ0) is 17.5. The molecule has 4 nitrogen and oxygen atoms in total. The van der Waals surface area contributed by atoms with Crippen LogP contribution in [0.25, 0.3) is 0 Å². The number of benzene rings is 1. The van der Waals surface area contributed by atoms with Gasteiger partial charge >= 0.3 is 6.09 Å². The molecule has 1 heterocycles. The summed E-state index contributed by atoms with van der Waals surface area (Å²) in [4.78, 5) is 16.8. The summed E-state index contributed by atoms with van der Waals surface area (Å²) < 4.78 is 6.51. The van der Waals surface area contributed by atoms with Crippen molar-refractivity contribution in [3.8, 4) is 0 Å². The minimum absolute atomic E-state index is 0.0426. The summed E-state index contributed by atoms with van der Waals surface area (Å²) in [6.45, 7) is 8.98. The highest BCUT2D eigenvalue weighted by molar-refractivity contribution is 9.10. The molecule has 3 rings (SSSR count). The maximum atomic E-state index is 12.5. The van der Waals surface area contributed by atoms with Crippen molar-refractivity contribution in [1.82, 2.24) is 9.80 Å². The molecule has 1 saturated carbocycles. The van der Waals surface area contributed by atoms with Gasteiger partial charge in [0.2, 0.25) is 0 Å². The third kappa shape index (κ3) is 3.89. The lowest BCUT2D eigenvalue weighted by molar-refractivity contribution is -0.00808. The van der Waals surface area contributed by atoms with E-state index >= 15 is 0 Å². The molecule has 1 saturated heterocycles. The molecule has 132 valence electrons. The lowest BCUT2D eigenvalue weighted by Gasteiger charge is -2.42. The van der Waals surface area contributed by atoms with Gasteiger partial charge in [-0.25, -0.2) is 4.79 Å². The Kier molecular flexibility index (Phi) is 4.89. The Balaban J connectivity index is 1.66. The van der Waals surface area contributed by atoms with Crippen molar-refractivity contribution in [3.05, 3.63) is 33.3 Å². The number of amides is 1. The van der Waals surface area contributed by atoms with E-state index in [4.69, 9.17) is 16.3 Å². The summed E-state index contributed by atoms with van der Waals surface area (Å²) >= 11 is 9.88. The maximum Gasteiger partial charge on any atom is 0.410 e. The highest BCUT2D eigenvalue weighted by Crippen LogP contribution is 2.45. The van der Waals surface area contributed by atoms with Gasteiger partial charge < -0.3 is 4.74 Å². The van der Waals surface area contributed by atoms with E-state index in [9.17, 15) is 4.79 Å². The minimum Gasteiger partial charge on any atom is -0.444 e. The molecule has 0 aromatic heterocycles. The molecule has 2 fully saturated rings. The van der Waals surface area contributed by atoms with Crippen molar-refractivity contribution in [2.75, 3.05) is 19.6 Å². The van der Waals surface area contributed by atoms with Gasteiger partial charge in [0.1, 0.15) is 5.60 Å². The number of nitrogens with zero attached hydrogens (tertiary/aromatic N) is 2. The molecule has 1 spiro atoms. The monoisotopic (exact) mass is 414 g/mol. The zero-order valence-electron chi connectivity index (χ0n) is 14.4. The summed E-state index contributed by atoms with van der Waals surface area (Å²) in [5.74, 6) is 0. The second-order valence-electron chi connectivity index (χ2n) is 7.78. The van der Waals surface area contributed by atoms with E-state index < -0.39 is 5.60 Å². The lowest BCUT2D eigenvalue weighted by atomic mass is 10.1. The number of carbonyl (C=O) groups excluding carboxylic acids is 1. The quantitative estimate of drug-likeness (QED) is 0.702. The van der Waals surface area contributed by atoms with Gasteiger partial charge in [0.15, 0.2) is 0 Å². The molecule has 6 heteroatoms. The molecule has 1 amide bonds. The number of rotatable bonds is 2. The minimum atomic E-state index is -0.450. The SMILES string of the molecule is CC(C)(C)OC(=O)N1CCN(Cc2cccc(Br)c2Cl)CC12CC2. The van der Waals surface area contributed by atoms with Crippen molar-refractivity contribution in [2.45, 2.75) is 51.3 Å². The van der Waals surface area contributed by atoms with Crippen LogP contribution in [0.1, 0.15) is 39.2 Å². The highest BCUT2D eigenvalue weighted by atomic mass is 79.9. The van der Waals surface area contributed by atoms with E-state index in [0.717, 1.165) is 47.5 Å². The number of hydrogen-bond acceptors (Lipinski definition) is 3. The van der Waals surface area contributed by atoms with Crippen LogP contribution in [0.3, 0.4) is 0 Å². The number of piperazine rings is 1. The third-order valence-corrected chi connectivity index (χ3v) is 5.93. The summed E-state index contributed by atoms with van der Waals surface area (Å²) in [5, 5.41) is 0.775. The van der Waals surface area contributed by atoms with Gasteiger partial charge in [-0.1, -0.05) is 23.7 Å². The second kappa shape index (κ2) is 6.50. The molecular formula is C18H24BrClN2O2. The second-order valence-corrected chi connectivity index (χ2v) is 9.01. The zero-order valence-corrected chi connectivity index (χ0v) is 16.8. The van der Waals surface area contributed by atoms with Crippen LogP contribution >= 0.6 is 27.5 Å². The van der Waals surface area contributed by atoms with E-state index in [2.05, 4.69) is 26.9 Å². The Labute approximate surface area is 157 Å². The van der Waals surface area contributed by atoms with Gasteiger partial charge in [-0.3, -0.25) is 9.80 Å². The fourth-order valence-electron chi connectivity index (χ4n) is 3.28. The smallest absolute Gasteiger partial charge is 0.410 e. The van der Waals surface area contributed by atoms with Crippen LogP contribution in [0.2, 0.25) is 5.02 Å². The largest absolute Gasteiger partial charge is 0.444 e. The maximum absolute atomic E-state index is 12.5. The molecule has 1 aromatic rings. The predicted octanol–water partition coefficient (Wildman–Crippen LogP) is 4.69.